The first-order chi connectivity index (χ1) is 14.3. The van der Waals surface area contributed by atoms with Crippen molar-refractivity contribution in [2.24, 2.45) is 0 Å². The first kappa shape index (κ1) is 17.4. The van der Waals surface area contributed by atoms with Crippen LogP contribution in [0.4, 0.5) is 5.69 Å². The zero-order chi connectivity index (χ0) is 19.6. The second kappa shape index (κ2) is 7.40. The summed E-state index contributed by atoms with van der Waals surface area (Å²) in [6.45, 7) is 0.801. The second-order valence-corrected chi connectivity index (χ2v) is 7.22. The normalized spacial score (nSPS) is 11.3. The lowest BCUT2D eigenvalue weighted by Gasteiger charge is -2.09. The molecule has 0 saturated heterocycles. The number of hydrogen-bond acceptors (Lipinski definition) is 2. The third-order valence-corrected chi connectivity index (χ3v) is 5.37. The number of hydrogen-bond donors (Lipinski definition) is 1. The molecule has 2 heterocycles. The Hall–Kier alpha value is -3.66. The van der Waals surface area contributed by atoms with Crippen molar-refractivity contribution in [3.63, 3.8) is 0 Å². The topological polar surface area (TPSA) is 46.9 Å². The van der Waals surface area contributed by atoms with Crippen molar-refractivity contribution in [2.45, 2.75) is 19.4 Å². The van der Waals surface area contributed by atoms with E-state index in [-0.39, 0.29) is 5.91 Å². The molecule has 0 fully saturated rings. The maximum atomic E-state index is 12.6. The highest BCUT2D eigenvalue weighted by Gasteiger charge is 2.11. The van der Waals surface area contributed by atoms with Gasteiger partial charge >= 0.3 is 0 Å². The molecule has 4 nitrogen and oxygen atoms in total. The highest BCUT2D eigenvalue weighted by molar-refractivity contribution is 6.08. The third kappa shape index (κ3) is 3.23. The molecule has 5 aromatic rings. The molecule has 0 spiro atoms. The van der Waals surface area contributed by atoms with Gasteiger partial charge in [0.2, 0.25) is 5.91 Å². The average Bonchev–Trinajstić information content (AvgIpc) is 3.08. The molecule has 0 aliphatic carbocycles. The fourth-order valence-electron chi connectivity index (χ4n) is 4.06. The van der Waals surface area contributed by atoms with E-state index in [9.17, 15) is 4.79 Å². The number of anilines is 1. The minimum absolute atomic E-state index is 0.0175. The highest BCUT2D eigenvalue weighted by Crippen LogP contribution is 2.29. The maximum Gasteiger partial charge on any atom is 0.224 e. The molecular weight excluding hydrogens is 358 g/mol. The van der Waals surface area contributed by atoms with E-state index in [1.165, 1.54) is 21.8 Å². The van der Waals surface area contributed by atoms with E-state index in [0.29, 0.717) is 6.42 Å². The van der Waals surface area contributed by atoms with Gasteiger partial charge in [0.15, 0.2) is 0 Å². The van der Waals surface area contributed by atoms with Crippen LogP contribution in [0.3, 0.4) is 0 Å². The molecule has 0 saturated carbocycles. The van der Waals surface area contributed by atoms with E-state index in [2.05, 4.69) is 63.4 Å². The summed E-state index contributed by atoms with van der Waals surface area (Å²) >= 11 is 0. The molecule has 0 aliphatic heterocycles. The third-order valence-electron chi connectivity index (χ3n) is 5.37. The van der Waals surface area contributed by atoms with E-state index >= 15 is 0 Å². The predicted octanol–water partition coefficient (Wildman–Crippen LogP) is 5.76. The Bertz CT molecular complexity index is 1280. The summed E-state index contributed by atoms with van der Waals surface area (Å²) in [5, 5.41) is 6.57. The van der Waals surface area contributed by atoms with E-state index in [0.717, 1.165) is 29.6 Å². The molecule has 0 aliphatic rings. The molecule has 1 amide bonds. The Kier molecular flexibility index (Phi) is 4.45. The van der Waals surface area contributed by atoms with Gasteiger partial charge in [0, 0.05) is 46.4 Å². The Morgan fingerprint density at radius 2 is 1.52 bits per heavy atom. The van der Waals surface area contributed by atoms with Crippen LogP contribution in [0.15, 0.2) is 85.1 Å². The molecule has 0 bridgehead atoms. The van der Waals surface area contributed by atoms with Crippen molar-refractivity contribution in [3.8, 4) is 0 Å². The van der Waals surface area contributed by atoms with Crippen molar-refractivity contribution in [3.05, 3.63) is 85.1 Å². The number of aromatic nitrogens is 2. The van der Waals surface area contributed by atoms with Crippen LogP contribution in [-0.4, -0.2) is 15.5 Å². The molecule has 142 valence electrons. The SMILES string of the molecule is O=C(CCCn1c2ccccc2c2ccccc21)Nc1cccc2cccnc12. The smallest absolute Gasteiger partial charge is 0.224 e. The monoisotopic (exact) mass is 379 g/mol. The number of pyridine rings is 1. The molecule has 5 rings (SSSR count). The molecule has 2 aromatic heterocycles. The molecule has 0 unspecified atom stereocenters. The van der Waals surface area contributed by atoms with E-state index < -0.39 is 0 Å². The minimum atomic E-state index is 0.0175. The van der Waals surface area contributed by atoms with Crippen LogP contribution in [0, 0.1) is 0 Å². The molecule has 1 N–H and O–H groups in total. The number of nitrogens with one attached hydrogen (secondary N) is 1. The number of benzene rings is 3. The lowest BCUT2D eigenvalue weighted by molar-refractivity contribution is -0.116. The van der Waals surface area contributed by atoms with Crippen LogP contribution in [0.1, 0.15) is 12.8 Å². The van der Waals surface area contributed by atoms with Gasteiger partial charge in [0.25, 0.3) is 0 Å². The van der Waals surface area contributed by atoms with Crippen LogP contribution < -0.4 is 5.32 Å². The number of nitrogens with zero attached hydrogens (tertiary/aromatic N) is 2. The average molecular weight is 379 g/mol. The van der Waals surface area contributed by atoms with Crippen molar-refractivity contribution < 1.29 is 4.79 Å². The lowest BCUT2D eigenvalue weighted by atomic mass is 10.2. The van der Waals surface area contributed by atoms with Crippen LogP contribution in [0.2, 0.25) is 0 Å². The molecule has 0 radical (unpaired) electrons. The van der Waals surface area contributed by atoms with Gasteiger partial charge in [0.1, 0.15) is 0 Å². The fourth-order valence-corrected chi connectivity index (χ4v) is 4.06. The zero-order valence-electron chi connectivity index (χ0n) is 16.0. The molecule has 29 heavy (non-hydrogen) atoms. The zero-order valence-corrected chi connectivity index (χ0v) is 16.0. The van der Waals surface area contributed by atoms with Crippen molar-refractivity contribution in [1.82, 2.24) is 9.55 Å². The maximum absolute atomic E-state index is 12.6. The number of rotatable bonds is 5. The summed E-state index contributed by atoms with van der Waals surface area (Å²) in [6.07, 6.45) is 2.98. The summed E-state index contributed by atoms with van der Waals surface area (Å²) < 4.78 is 2.32. The lowest BCUT2D eigenvalue weighted by Crippen LogP contribution is -2.13. The van der Waals surface area contributed by atoms with Crippen LogP contribution in [0.5, 0.6) is 0 Å². The van der Waals surface area contributed by atoms with E-state index in [1.54, 1.807) is 6.20 Å². The summed E-state index contributed by atoms with van der Waals surface area (Å²) in [4.78, 5) is 17.0. The van der Waals surface area contributed by atoms with Gasteiger partial charge in [-0.15, -0.1) is 0 Å². The fraction of sp³-hybridized carbons (Fsp3) is 0.120. The number of aryl methyl sites for hydroxylation is 1. The number of para-hydroxylation sites is 3. The highest BCUT2D eigenvalue weighted by atomic mass is 16.1. The van der Waals surface area contributed by atoms with Gasteiger partial charge in [-0.05, 0) is 30.7 Å². The van der Waals surface area contributed by atoms with Crippen LogP contribution >= 0.6 is 0 Å². The summed E-state index contributed by atoms with van der Waals surface area (Å²) in [5.41, 5.74) is 4.02. The number of carbonyl (C=O) groups is 1. The summed E-state index contributed by atoms with van der Waals surface area (Å²) in [6, 6.07) is 26.7. The molecule has 4 heteroatoms. The number of amides is 1. The molecule has 3 aromatic carbocycles. The van der Waals surface area contributed by atoms with Gasteiger partial charge in [-0.25, -0.2) is 0 Å². The first-order valence-corrected chi connectivity index (χ1v) is 9.91. The minimum Gasteiger partial charge on any atom is -0.340 e. The Morgan fingerprint density at radius 3 is 2.28 bits per heavy atom. The van der Waals surface area contributed by atoms with Gasteiger partial charge in [-0.1, -0.05) is 54.6 Å². The van der Waals surface area contributed by atoms with Gasteiger partial charge < -0.3 is 9.88 Å². The van der Waals surface area contributed by atoms with Crippen LogP contribution in [0.25, 0.3) is 32.7 Å². The quantitative estimate of drug-likeness (QED) is 0.422. The Labute approximate surface area is 168 Å². The van der Waals surface area contributed by atoms with Crippen molar-refractivity contribution in [2.75, 3.05) is 5.32 Å². The van der Waals surface area contributed by atoms with Gasteiger partial charge in [-0.2, -0.15) is 0 Å². The number of carbonyl (C=O) groups excluding carboxylic acids is 1. The number of fused-ring (bicyclic) bond motifs is 4. The molecular formula is C25H21N3O. The Balaban J connectivity index is 1.33. The standard InChI is InChI=1S/C25H21N3O/c29-24(27-21-12-5-8-18-9-6-16-26-25(18)21)15-7-17-28-22-13-3-1-10-19(22)20-11-2-4-14-23(20)28/h1-6,8-14,16H,7,15,17H2,(H,27,29). The largest absolute Gasteiger partial charge is 0.340 e. The van der Waals surface area contributed by atoms with Crippen molar-refractivity contribution >= 4 is 44.3 Å². The summed E-state index contributed by atoms with van der Waals surface area (Å²) in [7, 11) is 0. The van der Waals surface area contributed by atoms with Gasteiger partial charge in [0.05, 0.1) is 11.2 Å². The second-order valence-electron chi connectivity index (χ2n) is 7.22. The van der Waals surface area contributed by atoms with Gasteiger partial charge in [-0.3, -0.25) is 9.78 Å². The predicted molar refractivity (Wildman–Crippen MR) is 119 cm³/mol. The van der Waals surface area contributed by atoms with E-state index in [4.69, 9.17) is 0 Å². The van der Waals surface area contributed by atoms with Crippen molar-refractivity contribution in [1.29, 1.82) is 0 Å². The summed E-state index contributed by atoms with van der Waals surface area (Å²) in [5.74, 6) is 0.0175. The van der Waals surface area contributed by atoms with Crippen LogP contribution in [-0.2, 0) is 11.3 Å². The Morgan fingerprint density at radius 1 is 0.828 bits per heavy atom. The first-order valence-electron chi connectivity index (χ1n) is 9.91. The van der Waals surface area contributed by atoms with E-state index in [1.807, 2.05) is 30.3 Å². The molecule has 0 atom stereocenters.